The first-order chi connectivity index (χ1) is 12.6. The topological polar surface area (TPSA) is 9.23 Å². The smallest absolute Gasteiger partial charge is 0.123 e. The van der Waals surface area contributed by atoms with E-state index in [4.69, 9.17) is 4.74 Å². The van der Waals surface area contributed by atoms with Gasteiger partial charge in [0.25, 0.3) is 0 Å². The summed E-state index contributed by atoms with van der Waals surface area (Å²) < 4.78 is 19.1. The van der Waals surface area contributed by atoms with Crippen LogP contribution in [0.15, 0.2) is 48.5 Å². The Morgan fingerprint density at radius 1 is 0.962 bits per heavy atom. The maximum atomic E-state index is 13.0. The van der Waals surface area contributed by atoms with Crippen molar-refractivity contribution in [2.45, 2.75) is 59.2 Å². The van der Waals surface area contributed by atoms with E-state index in [1.54, 1.807) is 0 Å². The highest BCUT2D eigenvalue weighted by Gasteiger charge is 2.25. The molecule has 1 saturated heterocycles. The van der Waals surface area contributed by atoms with E-state index in [2.05, 4.69) is 51.0 Å². The molecule has 0 spiro atoms. The molecule has 1 nitrogen and oxygen atoms in total. The van der Waals surface area contributed by atoms with E-state index in [-0.39, 0.29) is 11.9 Å². The molecule has 140 valence electrons. The fourth-order valence-corrected chi connectivity index (χ4v) is 3.38. The van der Waals surface area contributed by atoms with Crippen molar-refractivity contribution in [2.24, 2.45) is 5.92 Å². The molecule has 2 aromatic carbocycles. The quantitative estimate of drug-likeness (QED) is 0.567. The third-order valence-electron chi connectivity index (χ3n) is 4.39. The summed E-state index contributed by atoms with van der Waals surface area (Å²) >= 11 is 0. The van der Waals surface area contributed by atoms with E-state index in [0.717, 1.165) is 24.8 Å². The Kier molecular flexibility index (Phi) is 9.70. The Labute approximate surface area is 158 Å². The van der Waals surface area contributed by atoms with Crippen LogP contribution < -0.4 is 0 Å². The molecular formula is C24H31FO. The Morgan fingerprint density at radius 2 is 1.62 bits per heavy atom. The van der Waals surface area contributed by atoms with Gasteiger partial charge in [-0.1, -0.05) is 57.2 Å². The van der Waals surface area contributed by atoms with Gasteiger partial charge in [-0.05, 0) is 60.9 Å². The molecular weight excluding hydrogens is 323 g/mol. The van der Waals surface area contributed by atoms with Gasteiger partial charge in [-0.3, -0.25) is 0 Å². The van der Waals surface area contributed by atoms with Gasteiger partial charge < -0.3 is 4.74 Å². The molecule has 0 unspecified atom stereocenters. The Hall–Kier alpha value is -2.11. The third-order valence-corrected chi connectivity index (χ3v) is 4.39. The van der Waals surface area contributed by atoms with Gasteiger partial charge in [0.05, 0.1) is 12.2 Å². The lowest BCUT2D eigenvalue weighted by atomic mass is 9.89. The second kappa shape index (κ2) is 11.5. The van der Waals surface area contributed by atoms with Crippen molar-refractivity contribution in [3.05, 3.63) is 71.0 Å². The van der Waals surface area contributed by atoms with Gasteiger partial charge in [0.1, 0.15) is 5.82 Å². The van der Waals surface area contributed by atoms with Crippen molar-refractivity contribution in [3.8, 4) is 12.8 Å². The second-order valence-electron chi connectivity index (χ2n) is 6.56. The molecule has 1 fully saturated rings. The molecule has 0 N–H and O–H groups in total. The third kappa shape index (κ3) is 6.65. The Morgan fingerprint density at radius 3 is 2.23 bits per heavy atom. The maximum absolute atomic E-state index is 13.0. The molecule has 0 saturated carbocycles. The molecule has 0 amide bonds. The van der Waals surface area contributed by atoms with Crippen LogP contribution in [0.4, 0.5) is 4.39 Å². The minimum Gasteiger partial charge on any atom is -0.371 e. The predicted octanol–water partition coefficient (Wildman–Crippen LogP) is 6.57. The van der Waals surface area contributed by atoms with Crippen molar-refractivity contribution in [1.82, 2.24) is 0 Å². The Balaban J connectivity index is 0.000000791. The summed E-state index contributed by atoms with van der Waals surface area (Å²) in [7, 11) is 0. The van der Waals surface area contributed by atoms with E-state index in [1.165, 1.54) is 23.3 Å². The van der Waals surface area contributed by atoms with Crippen molar-refractivity contribution < 1.29 is 9.13 Å². The normalized spacial score (nSPS) is 21.6. The zero-order valence-corrected chi connectivity index (χ0v) is 16.4. The average Bonchev–Trinajstić information content (AvgIpc) is 2.66. The molecule has 1 aliphatic rings. The second-order valence-corrected chi connectivity index (χ2v) is 6.56. The van der Waals surface area contributed by atoms with Crippen molar-refractivity contribution >= 4 is 0 Å². The van der Waals surface area contributed by atoms with Gasteiger partial charge >= 0.3 is 0 Å². The minimum atomic E-state index is -0.184. The largest absolute Gasteiger partial charge is 0.371 e. The summed E-state index contributed by atoms with van der Waals surface area (Å²) in [6.07, 6.45) is 11.6. The lowest BCUT2D eigenvalue weighted by molar-refractivity contribution is -0.0604. The number of hydrogen-bond donors (Lipinski definition) is 0. The van der Waals surface area contributed by atoms with Gasteiger partial charge in [0.2, 0.25) is 0 Å². The first-order valence-electron chi connectivity index (χ1n) is 9.42. The summed E-state index contributed by atoms with van der Waals surface area (Å²) in [5.41, 5.74) is 3.64. The van der Waals surface area contributed by atoms with E-state index in [9.17, 15) is 4.39 Å². The van der Waals surface area contributed by atoms with Crippen LogP contribution in [0.5, 0.6) is 0 Å². The predicted molar refractivity (Wildman–Crippen MR) is 109 cm³/mol. The number of terminal acetylenes is 1. The lowest BCUT2D eigenvalue weighted by Gasteiger charge is -2.32. The summed E-state index contributed by atoms with van der Waals surface area (Å²) in [6, 6.07) is 15.4. The number of ether oxygens (including phenoxy) is 1. The maximum Gasteiger partial charge on any atom is 0.123 e. The summed E-state index contributed by atoms with van der Waals surface area (Å²) in [4.78, 5) is 0. The van der Waals surface area contributed by atoms with Gasteiger partial charge in [-0.2, -0.15) is 0 Å². The highest BCUT2D eigenvalue weighted by molar-refractivity contribution is 5.31. The molecule has 3 rings (SSSR count). The van der Waals surface area contributed by atoms with Crippen LogP contribution in [-0.2, 0) is 11.2 Å². The van der Waals surface area contributed by atoms with E-state index in [1.807, 2.05) is 26.0 Å². The molecule has 0 aromatic heterocycles. The molecule has 0 radical (unpaired) electrons. The molecule has 3 atom stereocenters. The van der Waals surface area contributed by atoms with Crippen LogP contribution >= 0.6 is 0 Å². The van der Waals surface area contributed by atoms with Crippen molar-refractivity contribution in [2.75, 3.05) is 0 Å². The fraction of sp³-hybridized carbons (Fsp3) is 0.417. The molecule has 1 aliphatic heterocycles. The number of rotatable bonds is 3. The Bertz CT molecular complexity index is 649. The molecule has 26 heavy (non-hydrogen) atoms. The van der Waals surface area contributed by atoms with Crippen LogP contribution in [0.25, 0.3) is 0 Å². The lowest BCUT2D eigenvalue weighted by Crippen LogP contribution is -2.24. The molecule has 2 aromatic rings. The SMILES string of the molecule is C#C.CC.C[C@H]1C[C@@H](C)O[C@@H](c2cccc(Cc3ccc(F)cc3)c2)C1. The summed E-state index contributed by atoms with van der Waals surface area (Å²) in [5, 5.41) is 0. The first kappa shape index (κ1) is 21.9. The zero-order chi connectivity index (χ0) is 19.5. The number of benzene rings is 2. The number of halogens is 1. The van der Waals surface area contributed by atoms with Crippen LogP contribution in [0.3, 0.4) is 0 Å². The van der Waals surface area contributed by atoms with E-state index in [0.29, 0.717) is 12.0 Å². The monoisotopic (exact) mass is 354 g/mol. The summed E-state index contributed by atoms with van der Waals surface area (Å²) in [5.74, 6) is 0.519. The molecule has 1 heterocycles. The van der Waals surface area contributed by atoms with E-state index >= 15 is 0 Å². The van der Waals surface area contributed by atoms with Crippen LogP contribution in [0.1, 0.15) is 63.3 Å². The number of hydrogen-bond acceptors (Lipinski definition) is 1. The van der Waals surface area contributed by atoms with Crippen LogP contribution in [-0.4, -0.2) is 6.10 Å². The van der Waals surface area contributed by atoms with Gasteiger partial charge in [0.15, 0.2) is 0 Å². The highest BCUT2D eigenvalue weighted by Crippen LogP contribution is 2.34. The van der Waals surface area contributed by atoms with Gasteiger partial charge in [-0.15, -0.1) is 12.8 Å². The highest BCUT2D eigenvalue weighted by atomic mass is 19.1. The van der Waals surface area contributed by atoms with Gasteiger partial charge in [0, 0.05) is 0 Å². The fourth-order valence-electron chi connectivity index (χ4n) is 3.38. The summed E-state index contributed by atoms with van der Waals surface area (Å²) in [6.45, 7) is 8.46. The van der Waals surface area contributed by atoms with E-state index < -0.39 is 0 Å². The minimum absolute atomic E-state index is 0.184. The van der Waals surface area contributed by atoms with Crippen molar-refractivity contribution in [3.63, 3.8) is 0 Å². The average molecular weight is 355 g/mol. The standard InChI is InChI=1S/C20H23FO.C2H6.C2H2/c1-14-10-15(2)22-20(11-14)18-5-3-4-17(13-18)12-16-6-8-19(21)9-7-16;2*1-2/h3-9,13-15,20H,10-12H2,1-2H3;1-2H3;1-2H/t14-,15+,20+;;/m0../s1. The molecule has 0 aliphatic carbocycles. The van der Waals surface area contributed by atoms with Crippen LogP contribution in [0.2, 0.25) is 0 Å². The van der Waals surface area contributed by atoms with Crippen LogP contribution in [0, 0.1) is 24.6 Å². The van der Waals surface area contributed by atoms with Gasteiger partial charge in [-0.25, -0.2) is 4.39 Å². The first-order valence-corrected chi connectivity index (χ1v) is 9.42. The molecule has 2 heteroatoms. The zero-order valence-electron chi connectivity index (χ0n) is 16.4. The van der Waals surface area contributed by atoms with Crippen molar-refractivity contribution in [1.29, 1.82) is 0 Å². The molecule has 0 bridgehead atoms.